The van der Waals surface area contributed by atoms with Crippen molar-refractivity contribution in [3.05, 3.63) is 54.7 Å². The summed E-state index contributed by atoms with van der Waals surface area (Å²) in [5.41, 5.74) is 2.56. The van der Waals surface area contributed by atoms with Crippen molar-refractivity contribution in [1.29, 1.82) is 5.26 Å². The number of carbonyl (C=O) groups is 5. The lowest BCUT2D eigenvalue weighted by molar-refractivity contribution is -0.282. The Hall–Kier alpha value is -6.35. The number of methoxy groups -OCH3 is 1. The molecule has 4 heterocycles. The molecule has 0 N–H and O–H groups in total. The largest absolute Gasteiger partial charge is 0.467 e. The minimum absolute atomic E-state index is 0.0445. The molecule has 6 rings (SSSR count). The summed E-state index contributed by atoms with van der Waals surface area (Å²) in [5, 5.41) is 14.7. The number of rotatable bonds is 11. The van der Waals surface area contributed by atoms with Gasteiger partial charge in [-0.1, -0.05) is 18.9 Å². The van der Waals surface area contributed by atoms with Gasteiger partial charge < -0.3 is 28.4 Å². The average Bonchev–Trinajstić information content (AvgIpc) is 3.97. The molecule has 1 aliphatic heterocycles. The van der Waals surface area contributed by atoms with Crippen LogP contribution in [0.1, 0.15) is 64.5 Å². The number of amides is 1. The van der Waals surface area contributed by atoms with Crippen molar-refractivity contribution in [3.63, 3.8) is 0 Å². The molecule has 4 aromatic rings. The molecule has 1 amide bonds. The standard InChI is InChI=1S/C39H43N7O11/c1-21-11-12-30(56-38-35(55-24(4)49)33(54-23(3)48)32(53-22(2)47)34(57-38)37(50)52-6)29(17-21)44(5)39(51)45-16-14-27-31(41-20-42-36(27)45)26-18-43-46(19-26)28(13-15-40)25-9-7-8-10-25/h11-12,14,16-20,25,28,32-35,38H,7-10,13H2,1-6H3/t28-,32+,33+,34+,35-,38-/m1/s1. The van der Waals surface area contributed by atoms with E-state index in [4.69, 9.17) is 28.4 Å². The number of carbonyl (C=O) groups excluding carboxylic acids is 5. The van der Waals surface area contributed by atoms with Crippen molar-refractivity contribution in [2.75, 3.05) is 19.1 Å². The topological polar surface area (TPSA) is 216 Å². The van der Waals surface area contributed by atoms with E-state index in [1.807, 2.05) is 10.9 Å². The van der Waals surface area contributed by atoms with E-state index in [2.05, 4.69) is 21.1 Å². The van der Waals surface area contributed by atoms with Crippen molar-refractivity contribution in [3.8, 4) is 23.1 Å². The molecule has 300 valence electrons. The second kappa shape index (κ2) is 17.2. The maximum Gasteiger partial charge on any atom is 0.339 e. The number of hydrogen-bond donors (Lipinski definition) is 0. The highest BCUT2D eigenvalue weighted by atomic mass is 16.7. The van der Waals surface area contributed by atoms with E-state index < -0.39 is 60.6 Å². The number of aromatic nitrogens is 5. The number of anilines is 1. The predicted molar refractivity (Wildman–Crippen MR) is 198 cm³/mol. The van der Waals surface area contributed by atoms with Crippen LogP contribution in [0.3, 0.4) is 0 Å². The summed E-state index contributed by atoms with van der Waals surface area (Å²) in [6.07, 6.45) is 3.17. The molecule has 1 aromatic carbocycles. The van der Waals surface area contributed by atoms with E-state index in [1.54, 1.807) is 43.6 Å². The third-order valence-corrected chi connectivity index (χ3v) is 9.99. The summed E-state index contributed by atoms with van der Waals surface area (Å²) in [5.74, 6) is -3.09. The molecule has 2 aliphatic rings. The first-order valence-corrected chi connectivity index (χ1v) is 18.3. The van der Waals surface area contributed by atoms with Crippen LogP contribution >= 0.6 is 0 Å². The minimum atomic E-state index is -1.68. The fourth-order valence-electron chi connectivity index (χ4n) is 7.44. The lowest BCUT2D eigenvalue weighted by Gasteiger charge is -2.43. The van der Waals surface area contributed by atoms with Crippen LogP contribution in [0, 0.1) is 24.2 Å². The maximum atomic E-state index is 14.3. The average molecular weight is 786 g/mol. The number of nitrogens with zero attached hydrogens (tertiary/aromatic N) is 7. The van der Waals surface area contributed by atoms with Crippen molar-refractivity contribution >= 4 is 46.6 Å². The van der Waals surface area contributed by atoms with Gasteiger partial charge in [0.2, 0.25) is 12.4 Å². The Morgan fingerprint density at radius 2 is 1.67 bits per heavy atom. The zero-order valence-electron chi connectivity index (χ0n) is 32.3. The monoisotopic (exact) mass is 785 g/mol. The smallest absolute Gasteiger partial charge is 0.339 e. The summed E-state index contributed by atoms with van der Waals surface area (Å²) < 4.78 is 36.6. The van der Waals surface area contributed by atoms with Crippen LogP contribution in [0.2, 0.25) is 0 Å². The van der Waals surface area contributed by atoms with Crippen molar-refractivity contribution in [2.24, 2.45) is 5.92 Å². The summed E-state index contributed by atoms with van der Waals surface area (Å²) in [6, 6.07) is 8.35. The highest BCUT2D eigenvalue weighted by Gasteiger charge is 2.56. The van der Waals surface area contributed by atoms with Gasteiger partial charge in [-0.3, -0.25) is 28.5 Å². The molecule has 0 bridgehead atoms. The quantitative estimate of drug-likeness (QED) is 0.152. The van der Waals surface area contributed by atoms with Gasteiger partial charge in [-0.25, -0.2) is 19.6 Å². The number of esters is 4. The summed E-state index contributed by atoms with van der Waals surface area (Å²) in [6.45, 7) is 5.06. The van der Waals surface area contributed by atoms with Crippen LogP contribution in [0.15, 0.2) is 49.2 Å². The van der Waals surface area contributed by atoms with Gasteiger partial charge in [0.15, 0.2) is 24.0 Å². The number of fused-ring (bicyclic) bond motifs is 1. The number of hydrogen-bond acceptors (Lipinski definition) is 15. The van der Waals surface area contributed by atoms with Crippen molar-refractivity contribution < 1.29 is 52.4 Å². The highest BCUT2D eigenvalue weighted by molar-refractivity contribution is 6.02. The van der Waals surface area contributed by atoms with Gasteiger partial charge in [-0.2, -0.15) is 10.4 Å². The van der Waals surface area contributed by atoms with Gasteiger partial charge in [-0.15, -0.1) is 0 Å². The molecule has 18 nitrogen and oxygen atoms in total. The SMILES string of the molecule is COC(=O)[C@H]1O[C@@H](Oc2ccc(C)cc2N(C)C(=O)n2ccc3c(-c4cnn([C@H](CC#N)C5CCCC5)c4)ncnc32)[C@H](OC(C)=O)[C@@H](OC(C)=O)[C@@H]1OC(C)=O. The zero-order valence-corrected chi connectivity index (χ0v) is 32.3. The van der Waals surface area contributed by atoms with E-state index in [0.29, 0.717) is 34.6 Å². The molecule has 18 heteroatoms. The van der Waals surface area contributed by atoms with Crippen molar-refractivity contribution in [1.82, 2.24) is 24.3 Å². The van der Waals surface area contributed by atoms with Crippen LogP contribution in [-0.2, 0) is 42.9 Å². The van der Waals surface area contributed by atoms with E-state index in [9.17, 15) is 29.2 Å². The molecule has 1 saturated heterocycles. The Morgan fingerprint density at radius 3 is 2.33 bits per heavy atom. The molecule has 57 heavy (non-hydrogen) atoms. The number of aryl methyl sites for hydroxylation is 1. The van der Waals surface area contributed by atoms with Gasteiger partial charge >= 0.3 is 29.9 Å². The molecular weight excluding hydrogens is 742 g/mol. The normalized spacial score (nSPS) is 21.2. The third kappa shape index (κ3) is 8.58. The van der Waals surface area contributed by atoms with Crippen LogP contribution in [0.4, 0.5) is 10.5 Å². The highest BCUT2D eigenvalue weighted by Crippen LogP contribution is 2.38. The second-order valence-corrected chi connectivity index (χ2v) is 13.9. The van der Waals surface area contributed by atoms with Gasteiger partial charge in [0.25, 0.3) is 0 Å². The summed E-state index contributed by atoms with van der Waals surface area (Å²) in [7, 11) is 2.60. The molecule has 1 aliphatic carbocycles. The number of nitriles is 1. The Labute approximate surface area is 327 Å². The van der Waals surface area contributed by atoms with E-state index >= 15 is 0 Å². The van der Waals surface area contributed by atoms with Crippen LogP contribution in [0.25, 0.3) is 22.3 Å². The zero-order chi connectivity index (χ0) is 41.0. The molecule has 2 fully saturated rings. The van der Waals surface area contributed by atoms with Crippen molar-refractivity contribution in [2.45, 2.75) is 96.5 Å². The maximum absolute atomic E-state index is 14.3. The molecule has 6 atom stereocenters. The third-order valence-electron chi connectivity index (χ3n) is 9.99. The van der Waals surface area contributed by atoms with Gasteiger partial charge in [0.05, 0.1) is 43.2 Å². The first kappa shape index (κ1) is 40.3. The second-order valence-electron chi connectivity index (χ2n) is 13.9. The first-order valence-electron chi connectivity index (χ1n) is 18.3. The fourth-order valence-corrected chi connectivity index (χ4v) is 7.44. The summed E-state index contributed by atoms with van der Waals surface area (Å²) in [4.78, 5) is 74.3. The Morgan fingerprint density at radius 1 is 0.982 bits per heavy atom. The lowest BCUT2D eigenvalue weighted by Crippen LogP contribution is -2.64. The summed E-state index contributed by atoms with van der Waals surface area (Å²) >= 11 is 0. The molecule has 3 aromatic heterocycles. The fraction of sp³-hybridized carbons (Fsp3) is 0.462. The number of ether oxygens (including phenoxy) is 6. The predicted octanol–water partition coefficient (Wildman–Crippen LogP) is 4.42. The van der Waals surface area contributed by atoms with Crippen LogP contribution in [0.5, 0.6) is 5.75 Å². The Bertz CT molecular complexity index is 2200. The van der Waals surface area contributed by atoms with E-state index in [1.165, 1.54) is 22.8 Å². The van der Waals surface area contributed by atoms with E-state index in [-0.39, 0.29) is 17.5 Å². The molecular formula is C39H43N7O11. The molecule has 1 saturated carbocycles. The molecule has 0 radical (unpaired) electrons. The Kier molecular flexibility index (Phi) is 12.2. The first-order chi connectivity index (χ1) is 27.3. The lowest BCUT2D eigenvalue weighted by atomic mass is 9.96. The van der Waals surface area contributed by atoms with Gasteiger partial charge in [-0.05, 0) is 49.4 Å². The van der Waals surface area contributed by atoms with E-state index in [0.717, 1.165) is 59.1 Å². The number of benzene rings is 1. The minimum Gasteiger partial charge on any atom is -0.467 e. The van der Waals surface area contributed by atoms with Gasteiger partial charge in [0, 0.05) is 51.2 Å². The van der Waals surface area contributed by atoms with Crippen LogP contribution < -0.4 is 9.64 Å². The van der Waals surface area contributed by atoms with Crippen LogP contribution in [-0.4, -0.2) is 99.1 Å². The Balaban J connectivity index is 1.32. The van der Waals surface area contributed by atoms with Gasteiger partial charge in [0.1, 0.15) is 12.1 Å². The molecule has 0 unspecified atom stereocenters. The molecule has 0 spiro atoms.